The Morgan fingerprint density at radius 1 is 0.237 bits per heavy atom. The Labute approximate surface area is 484 Å². The van der Waals surface area contributed by atoms with Crippen LogP contribution >= 0.6 is 0 Å². The van der Waals surface area contributed by atoms with Crippen LogP contribution in [0.1, 0.15) is 231 Å². The van der Waals surface area contributed by atoms with E-state index in [9.17, 15) is 8.63 Å². The second-order valence-corrected chi connectivity index (χ2v) is 21.5. The van der Waals surface area contributed by atoms with Gasteiger partial charge < -0.3 is 49.2 Å². The summed E-state index contributed by atoms with van der Waals surface area (Å²) in [6.07, 6.45) is 63.2. The molecule has 452 valence electrons. The number of aliphatic hydroxyl groups is 4. The first-order valence-electron chi connectivity index (χ1n) is 31.5. The molecule has 0 fully saturated rings. The van der Waals surface area contributed by atoms with Gasteiger partial charge in [-0.25, -0.2) is 18.3 Å². The molecule has 0 bridgehead atoms. The van der Waals surface area contributed by atoms with Crippen LogP contribution in [0.15, 0.2) is 98.1 Å². The van der Waals surface area contributed by atoms with E-state index in [1.54, 1.807) is 0 Å². The van der Waals surface area contributed by atoms with Crippen molar-refractivity contribution in [3.8, 4) is 22.3 Å². The minimum atomic E-state index is -3.17. The SMILES string of the molecule is OCCCCCCCCCCC[n+]1ccc(-c2cc[n+](CCCCCCCCCCCO)cc2)cc1.OCCCCCCCCCCC[n+]1ccc(-c2cc[n+](CCCCCCCCCCCO)cc2)cc1.[O-]B([O-])F.[O-]B([O-])F. The fourth-order valence-electron chi connectivity index (χ4n) is 9.77. The van der Waals surface area contributed by atoms with Crippen LogP contribution in [0.4, 0.5) is 8.63 Å². The number of aromatic nitrogens is 4. The number of rotatable bonds is 46. The molecule has 0 aliphatic carbocycles. The zero-order valence-corrected chi connectivity index (χ0v) is 49.5. The Balaban J connectivity index is 0.000000704. The minimum absolute atomic E-state index is 0.347. The maximum atomic E-state index is 9.89. The van der Waals surface area contributed by atoms with Crippen molar-refractivity contribution < 1.29 is 67.4 Å². The summed E-state index contributed by atoms with van der Waals surface area (Å²) < 4.78 is 29.0. The van der Waals surface area contributed by atoms with E-state index in [-0.39, 0.29) is 0 Å². The van der Waals surface area contributed by atoms with Crippen molar-refractivity contribution in [2.45, 2.75) is 257 Å². The molecule has 4 rings (SSSR count). The predicted molar refractivity (Wildman–Crippen MR) is 313 cm³/mol. The highest BCUT2D eigenvalue weighted by Crippen LogP contribution is 2.18. The zero-order valence-electron chi connectivity index (χ0n) is 49.5. The average molecular weight is 1120 g/mol. The van der Waals surface area contributed by atoms with Crippen molar-refractivity contribution in [2.75, 3.05) is 26.4 Å². The van der Waals surface area contributed by atoms with E-state index in [1.165, 1.54) is 228 Å². The van der Waals surface area contributed by atoms with Gasteiger partial charge in [-0.1, -0.05) is 154 Å². The molecule has 0 unspecified atom stereocenters. The second kappa shape index (κ2) is 55.8. The topological polar surface area (TPSA) is 189 Å². The van der Waals surface area contributed by atoms with Crippen LogP contribution in [0, 0.1) is 0 Å². The standard InChI is InChI=1S/2C32H54N2O2.2BFO2/c2*35-29-17-13-9-5-1-3-7-11-15-23-33-25-19-31(20-26-33)32-21-27-34(28-22-32)24-16-12-8-4-2-6-10-14-18-30-36;2*2-1(3)4/h2*19-22,25-28,35-36H,1-18,23-24,29-30H2;;/q2*+2;2*-2. The third-order valence-corrected chi connectivity index (χ3v) is 14.5. The lowest BCUT2D eigenvalue weighted by atomic mass is 10.1. The van der Waals surface area contributed by atoms with Crippen LogP contribution in [0.25, 0.3) is 22.3 Å². The first-order valence-corrected chi connectivity index (χ1v) is 31.5. The van der Waals surface area contributed by atoms with E-state index in [4.69, 9.17) is 40.5 Å². The second-order valence-electron chi connectivity index (χ2n) is 21.5. The van der Waals surface area contributed by atoms with E-state index in [0.29, 0.717) is 26.4 Å². The summed E-state index contributed by atoms with van der Waals surface area (Å²) in [6.45, 7) is 5.81. The van der Waals surface area contributed by atoms with Crippen molar-refractivity contribution in [1.29, 1.82) is 0 Å². The largest absolute Gasteiger partial charge is 0.867 e. The number of aliphatic hydroxyl groups excluding tert-OH is 4. The van der Waals surface area contributed by atoms with Gasteiger partial charge in [-0.3, -0.25) is 0 Å². The number of aryl methyl sites for hydroxylation is 4. The zero-order chi connectivity index (χ0) is 58.2. The smallest absolute Gasteiger partial charge is 0.169 e. The molecule has 0 spiro atoms. The maximum absolute atomic E-state index is 9.89. The molecule has 0 saturated carbocycles. The van der Waals surface area contributed by atoms with Gasteiger partial charge in [0, 0.05) is 101 Å². The molecular formula is C64H108B2F2N4O8. The number of halogens is 2. The highest BCUT2D eigenvalue weighted by Gasteiger charge is 2.09. The minimum Gasteiger partial charge on any atom is -0.867 e. The van der Waals surface area contributed by atoms with Gasteiger partial charge in [0.2, 0.25) is 0 Å². The quantitative estimate of drug-likeness (QED) is 0.0191. The molecule has 0 aliphatic rings. The van der Waals surface area contributed by atoms with Crippen molar-refractivity contribution >= 4 is 14.8 Å². The van der Waals surface area contributed by atoms with Gasteiger partial charge in [0.15, 0.2) is 49.6 Å². The van der Waals surface area contributed by atoms with Crippen molar-refractivity contribution in [3.05, 3.63) is 98.1 Å². The van der Waals surface area contributed by atoms with Crippen LogP contribution in [0.5, 0.6) is 0 Å². The van der Waals surface area contributed by atoms with E-state index in [1.807, 2.05) is 0 Å². The summed E-state index contributed by atoms with van der Waals surface area (Å²) >= 11 is 0. The van der Waals surface area contributed by atoms with Crippen molar-refractivity contribution in [2.24, 2.45) is 0 Å². The number of unbranched alkanes of at least 4 members (excludes halogenated alkanes) is 32. The van der Waals surface area contributed by atoms with E-state index in [0.717, 1.165) is 51.9 Å². The Hall–Kier alpha value is -3.73. The number of hydrogen-bond donors (Lipinski definition) is 4. The van der Waals surface area contributed by atoms with Gasteiger partial charge in [-0.2, -0.15) is 0 Å². The fraction of sp³-hybridized carbons (Fsp3) is 0.688. The molecule has 0 atom stereocenters. The van der Waals surface area contributed by atoms with Gasteiger partial charge in [0.25, 0.3) is 0 Å². The molecular weight excluding hydrogens is 1010 g/mol. The Morgan fingerprint density at radius 2 is 0.350 bits per heavy atom. The molecule has 4 aromatic rings. The van der Waals surface area contributed by atoms with Crippen LogP contribution in [-0.2, 0) is 26.2 Å². The highest BCUT2D eigenvalue weighted by molar-refractivity contribution is 6.27. The molecule has 0 saturated heterocycles. The molecule has 12 nitrogen and oxygen atoms in total. The fourth-order valence-corrected chi connectivity index (χ4v) is 9.77. The summed E-state index contributed by atoms with van der Waals surface area (Å²) in [5.41, 5.74) is 5.16. The van der Waals surface area contributed by atoms with Gasteiger partial charge in [-0.05, 0) is 73.6 Å². The first kappa shape index (κ1) is 74.3. The third kappa shape index (κ3) is 46.8. The normalized spacial score (nSPS) is 10.8. The van der Waals surface area contributed by atoms with Gasteiger partial charge in [-0.15, -0.1) is 0 Å². The van der Waals surface area contributed by atoms with E-state index in [2.05, 4.69) is 116 Å². The highest BCUT2D eigenvalue weighted by atomic mass is 19.1. The molecule has 0 radical (unpaired) electrons. The van der Waals surface area contributed by atoms with Gasteiger partial charge >= 0.3 is 0 Å². The molecule has 80 heavy (non-hydrogen) atoms. The van der Waals surface area contributed by atoms with Crippen molar-refractivity contribution in [3.63, 3.8) is 0 Å². The lowest BCUT2D eigenvalue weighted by Gasteiger charge is -2.09. The number of hydrogen-bond acceptors (Lipinski definition) is 8. The summed E-state index contributed by atoms with van der Waals surface area (Å²) in [6, 6.07) is 18.0. The summed E-state index contributed by atoms with van der Waals surface area (Å²) in [4.78, 5) is 0. The Morgan fingerprint density at radius 3 is 0.475 bits per heavy atom. The van der Waals surface area contributed by atoms with Crippen LogP contribution in [0.2, 0.25) is 0 Å². The van der Waals surface area contributed by atoms with Crippen LogP contribution in [-0.4, -0.2) is 61.6 Å². The molecule has 16 heteroatoms. The number of nitrogens with zero attached hydrogens (tertiary/aromatic N) is 4. The maximum Gasteiger partial charge on any atom is 0.169 e. The van der Waals surface area contributed by atoms with Crippen LogP contribution < -0.4 is 38.4 Å². The molecule has 4 heterocycles. The summed E-state index contributed by atoms with van der Waals surface area (Å²) in [5.74, 6) is 0. The van der Waals surface area contributed by atoms with Crippen molar-refractivity contribution in [1.82, 2.24) is 0 Å². The molecule has 0 amide bonds. The van der Waals surface area contributed by atoms with E-state index >= 15 is 0 Å². The first-order chi connectivity index (χ1) is 39.1. The van der Waals surface area contributed by atoms with Gasteiger partial charge in [0.1, 0.15) is 41.0 Å². The monoisotopic (exact) mass is 1120 g/mol. The Kier molecular flexibility index (Phi) is 51.8. The molecule has 4 aromatic heterocycles. The Bertz CT molecular complexity index is 1620. The van der Waals surface area contributed by atoms with Gasteiger partial charge in [0.05, 0.1) is 0 Å². The summed E-state index contributed by atoms with van der Waals surface area (Å²) in [7, 11) is -6.33. The molecule has 0 aliphatic heterocycles. The lowest BCUT2D eigenvalue weighted by molar-refractivity contribution is -0.697. The molecule has 4 N–H and O–H groups in total. The lowest BCUT2D eigenvalue weighted by Crippen LogP contribution is -2.39. The third-order valence-electron chi connectivity index (χ3n) is 14.5. The molecule has 0 aromatic carbocycles. The average Bonchev–Trinajstić information content (AvgIpc) is 3.45. The summed E-state index contributed by atoms with van der Waals surface area (Å²) in [5, 5.41) is 68.5. The van der Waals surface area contributed by atoms with E-state index < -0.39 is 14.8 Å². The van der Waals surface area contributed by atoms with Crippen LogP contribution in [0.3, 0.4) is 0 Å². The predicted octanol–water partition coefficient (Wildman–Crippen LogP) is 9.19. The number of pyridine rings is 4.